The van der Waals surface area contributed by atoms with Crippen LogP contribution in [0.2, 0.25) is 0 Å². The summed E-state index contributed by atoms with van der Waals surface area (Å²) in [5.41, 5.74) is 0. The highest BCUT2D eigenvalue weighted by molar-refractivity contribution is 5.37. The van der Waals surface area contributed by atoms with E-state index >= 15 is 0 Å². The van der Waals surface area contributed by atoms with Gasteiger partial charge in [0.15, 0.2) is 17.8 Å². The Morgan fingerprint density at radius 3 is 2.58 bits per heavy atom. The third kappa shape index (κ3) is 2.13. The summed E-state index contributed by atoms with van der Waals surface area (Å²) in [5.74, 6) is 0.563. The molecule has 0 aromatic heterocycles. The molecule has 0 radical (unpaired) electrons. The number of methoxy groups -OCH3 is 1. The first-order valence-corrected chi connectivity index (χ1v) is 3.71. The zero-order valence-corrected chi connectivity index (χ0v) is 7.15. The second-order valence-electron chi connectivity index (χ2n) is 2.39. The summed E-state index contributed by atoms with van der Waals surface area (Å²) in [6.07, 6.45) is -0.349. The number of para-hydroxylation sites is 2. The van der Waals surface area contributed by atoms with Gasteiger partial charge in [-0.15, -0.1) is 0 Å². The molecule has 1 aromatic rings. The molecule has 0 aliphatic carbocycles. The van der Waals surface area contributed by atoms with Crippen LogP contribution in [0.1, 0.15) is 6.92 Å². The Morgan fingerprint density at radius 2 is 2.00 bits per heavy atom. The van der Waals surface area contributed by atoms with Crippen molar-refractivity contribution >= 4 is 0 Å². The molecule has 0 aliphatic heterocycles. The Kier molecular flexibility index (Phi) is 2.94. The quantitative estimate of drug-likeness (QED) is 0.699. The maximum Gasteiger partial charge on any atom is 0.196 e. The first-order chi connectivity index (χ1) is 5.74. The molecule has 1 rings (SSSR count). The van der Waals surface area contributed by atoms with E-state index in [4.69, 9.17) is 9.47 Å². The Bertz CT molecular complexity index is 247. The van der Waals surface area contributed by atoms with Crippen LogP contribution in [0.4, 0.5) is 0 Å². The highest BCUT2D eigenvalue weighted by Gasteiger charge is 2.04. The van der Waals surface area contributed by atoms with Crippen molar-refractivity contribution in [2.75, 3.05) is 7.11 Å². The minimum Gasteiger partial charge on any atom is -0.504 e. The topological polar surface area (TPSA) is 38.7 Å². The molecule has 0 heterocycles. The highest BCUT2D eigenvalue weighted by atomic mass is 16.7. The van der Waals surface area contributed by atoms with Crippen molar-refractivity contribution in [3.63, 3.8) is 0 Å². The lowest BCUT2D eigenvalue weighted by molar-refractivity contribution is -0.0395. The van der Waals surface area contributed by atoms with Crippen LogP contribution in [0, 0.1) is 0 Å². The third-order valence-corrected chi connectivity index (χ3v) is 1.49. The average Bonchev–Trinajstić information content (AvgIpc) is 2.09. The van der Waals surface area contributed by atoms with E-state index in [1.54, 1.807) is 38.3 Å². The van der Waals surface area contributed by atoms with Gasteiger partial charge in [0.05, 0.1) is 0 Å². The summed E-state index contributed by atoms with van der Waals surface area (Å²) in [5, 5.41) is 9.27. The van der Waals surface area contributed by atoms with Crippen molar-refractivity contribution in [3.05, 3.63) is 24.3 Å². The van der Waals surface area contributed by atoms with E-state index < -0.39 is 0 Å². The number of phenols is 1. The van der Waals surface area contributed by atoms with Gasteiger partial charge in [0.1, 0.15) is 0 Å². The number of rotatable bonds is 3. The zero-order chi connectivity index (χ0) is 8.97. The van der Waals surface area contributed by atoms with Crippen molar-refractivity contribution in [2.45, 2.75) is 13.2 Å². The number of benzene rings is 1. The lowest BCUT2D eigenvalue weighted by Gasteiger charge is -2.12. The average molecular weight is 168 g/mol. The fourth-order valence-corrected chi connectivity index (χ4v) is 0.784. The maximum atomic E-state index is 9.27. The third-order valence-electron chi connectivity index (χ3n) is 1.49. The molecular weight excluding hydrogens is 156 g/mol. The fraction of sp³-hybridized carbons (Fsp3) is 0.333. The maximum absolute atomic E-state index is 9.27. The van der Waals surface area contributed by atoms with Crippen LogP contribution in [-0.4, -0.2) is 18.5 Å². The van der Waals surface area contributed by atoms with Crippen LogP contribution in [0.3, 0.4) is 0 Å². The molecule has 3 heteroatoms. The van der Waals surface area contributed by atoms with Crippen LogP contribution >= 0.6 is 0 Å². The summed E-state index contributed by atoms with van der Waals surface area (Å²) in [7, 11) is 1.55. The van der Waals surface area contributed by atoms with Gasteiger partial charge >= 0.3 is 0 Å². The summed E-state index contributed by atoms with van der Waals surface area (Å²) >= 11 is 0. The molecule has 0 saturated carbocycles. The lowest BCUT2D eigenvalue weighted by Crippen LogP contribution is -2.13. The van der Waals surface area contributed by atoms with Gasteiger partial charge in [0.2, 0.25) is 0 Å². The van der Waals surface area contributed by atoms with Gasteiger partial charge in [-0.3, -0.25) is 0 Å². The van der Waals surface area contributed by atoms with Gasteiger partial charge in [-0.2, -0.15) is 0 Å². The van der Waals surface area contributed by atoms with Gasteiger partial charge in [0, 0.05) is 7.11 Å². The number of aromatic hydroxyl groups is 1. The Labute approximate surface area is 71.5 Å². The molecule has 0 amide bonds. The molecule has 1 aromatic carbocycles. The molecule has 66 valence electrons. The van der Waals surface area contributed by atoms with Crippen molar-refractivity contribution in [2.24, 2.45) is 0 Å². The molecule has 1 atom stereocenters. The molecule has 3 nitrogen and oxygen atoms in total. The van der Waals surface area contributed by atoms with E-state index in [9.17, 15) is 5.11 Å². The highest BCUT2D eigenvalue weighted by Crippen LogP contribution is 2.25. The van der Waals surface area contributed by atoms with Gasteiger partial charge in [-0.1, -0.05) is 12.1 Å². The van der Waals surface area contributed by atoms with Crippen LogP contribution in [0.15, 0.2) is 24.3 Å². The van der Waals surface area contributed by atoms with Crippen molar-refractivity contribution < 1.29 is 14.6 Å². The minimum absolute atomic E-state index is 0.126. The van der Waals surface area contributed by atoms with E-state index in [2.05, 4.69) is 0 Å². The van der Waals surface area contributed by atoms with Gasteiger partial charge in [-0.05, 0) is 19.1 Å². The monoisotopic (exact) mass is 168 g/mol. The Morgan fingerprint density at radius 1 is 1.33 bits per heavy atom. The molecular formula is C9H12O3. The Balaban J connectivity index is 2.69. The molecule has 0 unspecified atom stereocenters. The van der Waals surface area contributed by atoms with Crippen molar-refractivity contribution in [1.82, 2.24) is 0 Å². The van der Waals surface area contributed by atoms with Crippen LogP contribution in [-0.2, 0) is 4.74 Å². The number of ether oxygens (including phenoxy) is 2. The second kappa shape index (κ2) is 3.97. The van der Waals surface area contributed by atoms with E-state index in [1.165, 1.54) is 0 Å². The summed E-state index contributed by atoms with van der Waals surface area (Å²) < 4.78 is 10.1. The predicted octanol–water partition coefficient (Wildman–Crippen LogP) is 1.76. The van der Waals surface area contributed by atoms with Crippen LogP contribution in [0.25, 0.3) is 0 Å². The normalized spacial score (nSPS) is 12.5. The van der Waals surface area contributed by atoms with Crippen LogP contribution < -0.4 is 4.74 Å². The molecule has 0 saturated heterocycles. The molecule has 1 N–H and O–H groups in total. The first kappa shape index (κ1) is 8.87. The van der Waals surface area contributed by atoms with Crippen molar-refractivity contribution in [3.8, 4) is 11.5 Å². The Hall–Kier alpha value is -1.22. The summed E-state index contributed by atoms with van der Waals surface area (Å²) in [6, 6.07) is 6.78. The fourth-order valence-electron chi connectivity index (χ4n) is 0.784. The molecule has 0 fully saturated rings. The van der Waals surface area contributed by atoms with Gasteiger partial charge in [0.25, 0.3) is 0 Å². The standard InChI is InChI=1S/C9H12O3/c1-7(11-2)12-9-6-4-3-5-8(9)10/h3-7,10H,1-2H3/t7-/m0/s1. The van der Waals surface area contributed by atoms with E-state index in [0.717, 1.165) is 0 Å². The number of hydrogen-bond acceptors (Lipinski definition) is 3. The van der Waals surface area contributed by atoms with Crippen LogP contribution in [0.5, 0.6) is 11.5 Å². The zero-order valence-electron chi connectivity index (χ0n) is 7.15. The second-order valence-corrected chi connectivity index (χ2v) is 2.39. The lowest BCUT2D eigenvalue weighted by atomic mass is 10.3. The molecule has 0 spiro atoms. The minimum atomic E-state index is -0.349. The SMILES string of the molecule is CO[C@H](C)Oc1ccccc1O. The van der Waals surface area contributed by atoms with E-state index in [1.807, 2.05) is 0 Å². The smallest absolute Gasteiger partial charge is 0.196 e. The molecule has 0 aliphatic rings. The predicted molar refractivity (Wildman–Crippen MR) is 45.2 cm³/mol. The largest absolute Gasteiger partial charge is 0.504 e. The summed E-state index contributed by atoms with van der Waals surface area (Å²) in [4.78, 5) is 0. The van der Waals surface area contributed by atoms with E-state index in [0.29, 0.717) is 5.75 Å². The van der Waals surface area contributed by atoms with Crippen molar-refractivity contribution in [1.29, 1.82) is 0 Å². The van der Waals surface area contributed by atoms with Gasteiger partial charge in [-0.25, -0.2) is 0 Å². The number of hydrogen-bond donors (Lipinski definition) is 1. The van der Waals surface area contributed by atoms with Gasteiger partial charge < -0.3 is 14.6 Å². The molecule has 12 heavy (non-hydrogen) atoms. The first-order valence-electron chi connectivity index (χ1n) is 3.71. The summed E-state index contributed by atoms with van der Waals surface area (Å²) in [6.45, 7) is 1.76. The van der Waals surface area contributed by atoms with E-state index in [-0.39, 0.29) is 12.0 Å². The number of phenolic OH excluding ortho intramolecular Hbond substituents is 1. The molecule has 0 bridgehead atoms.